The maximum atomic E-state index is 5.41. The lowest BCUT2D eigenvalue weighted by atomic mass is 9.93. The SMILES string of the molecule is c1ccc(-c2cc(-c3ccc(-c4c(-c5ccccc5)nn5c(-c6ccccc6)cc6ccccc6c45)cc3)nc(-c3ccc4c5ccccc5c5ccccc5c4c3)n2)cc1. The molecule has 4 heteroatoms. The van der Waals surface area contributed by atoms with E-state index in [0.717, 1.165) is 72.6 Å². The van der Waals surface area contributed by atoms with Gasteiger partial charge >= 0.3 is 0 Å². The molecule has 0 aliphatic rings. The van der Waals surface area contributed by atoms with Gasteiger partial charge < -0.3 is 0 Å². The van der Waals surface area contributed by atoms with Gasteiger partial charge in [0, 0.05) is 38.8 Å². The van der Waals surface area contributed by atoms with Crippen molar-refractivity contribution in [2.24, 2.45) is 0 Å². The predicted octanol–water partition coefficient (Wildman–Crippen LogP) is 14.7. The van der Waals surface area contributed by atoms with E-state index in [9.17, 15) is 0 Å². The topological polar surface area (TPSA) is 43.1 Å². The van der Waals surface area contributed by atoms with Crippen molar-refractivity contribution in [3.8, 4) is 67.5 Å². The smallest absolute Gasteiger partial charge is 0.160 e. The van der Waals surface area contributed by atoms with Crippen LogP contribution in [0.15, 0.2) is 218 Å². The van der Waals surface area contributed by atoms with Crippen molar-refractivity contribution in [2.75, 3.05) is 0 Å². The molecule has 61 heavy (non-hydrogen) atoms. The highest BCUT2D eigenvalue weighted by Gasteiger charge is 2.22. The zero-order valence-corrected chi connectivity index (χ0v) is 33.1. The summed E-state index contributed by atoms with van der Waals surface area (Å²) in [6, 6.07) is 77.3. The van der Waals surface area contributed by atoms with Crippen molar-refractivity contribution in [3.63, 3.8) is 0 Å². The number of rotatable bonds is 6. The molecule has 3 heterocycles. The molecule has 0 aliphatic heterocycles. The average Bonchev–Trinajstić information content (AvgIpc) is 3.76. The minimum Gasteiger partial charge on any atom is -0.231 e. The van der Waals surface area contributed by atoms with E-state index in [0.29, 0.717) is 5.82 Å². The fourth-order valence-corrected chi connectivity index (χ4v) is 9.11. The molecular formula is C57H36N4. The van der Waals surface area contributed by atoms with Crippen molar-refractivity contribution >= 4 is 48.6 Å². The van der Waals surface area contributed by atoms with E-state index in [1.807, 2.05) is 6.07 Å². The molecule has 0 aliphatic carbocycles. The fourth-order valence-electron chi connectivity index (χ4n) is 9.11. The summed E-state index contributed by atoms with van der Waals surface area (Å²) in [7, 11) is 0. The van der Waals surface area contributed by atoms with Crippen molar-refractivity contribution in [2.45, 2.75) is 0 Å². The Balaban J connectivity index is 1.04. The summed E-state index contributed by atoms with van der Waals surface area (Å²) in [5, 5.41) is 15.1. The van der Waals surface area contributed by atoms with Crippen LogP contribution in [-0.2, 0) is 0 Å². The number of fused-ring (bicyclic) bond motifs is 9. The van der Waals surface area contributed by atoms with E-state index in [1.54, 1.807) is 0 Å². The van der Waals surface area contributed by atoms with Crippen LogP contribution in [0, 0.1) is 0 Å². The van der Waals surface area contributed by atoms with Crippen molar-refractivity contribution in [1.29, 1.82) is 0 Å². The number of hydrogen-bond donors (Lipinski definition) is 0. The summed E-state index contributed by atoms with van der Waals surface area (Å²) in [6.07, 6.45) is 0. The lowest BCUT2D eigenvalue weighted by Crippen LogP contribution is -1.96. The van der Waals surface area contributed by atoms with Crippen molar-refractivity contribution in [1.82, 2.24) is 19.6 Å². The van der Waals surface area contributed by atoms with Gasteiger partial charge in [0.15, 0.2) is 5.82 Å². The molecule has 12 rings (SSSR count). The highest BCUT2D eigenvalue weighted by atomic mass is 15.2. The van der Waals surface area contributed by atoms with Gasteiger partial charge in [-0.3, -0.25) is 0 Å². The van der Waals surface area contributed by atoms with Crippen LogP contribution in [0.25, 0.3) is 116 Å². The van der Waals surface area contributed by atoms with Gasteiger partial charge in [-0.2, -0.15) is 5.10 Å². The molecular weight excluding hydrogens is 741 g/mol. The second kappa shape index (κ2) is 14.3. The molecule has 12 aromatic rings. The van der Waals surface area contributed by atoms with Crippen LogP contribution < -0.4 is 0 Å². The molecule has 0 amide bonds. The van der Waals surface area contributed by atoms with Gasteiger partial charge in [0.2, 0.25) is 0 Å². The van der Waals surface area contributed by atoms with E-state index in [4.69, 9.17) is 15.1 Å². The summed E-state index contributed by atoms with van der Waals surface area (Å²) in [4.78, 5) is 10.5. The number of pyridine rings is 1. The molecule has 9 aromatic carbocycles. The Morgan fingerprint density at radius 3 is 1.39 bits per heavy atom. The third-order valence-electron chi connectivity index (χ3n) is 12.0. The van der Waals surface area contributed by atoms with Crippen molar-refractivity contribution in [3.05, 3.63) is 218 Å². The fraction of sp³-hybridized carbons (Fsp3) is 0. The van der Waals surface area contributed by atoms with Crippen LogP contribution in [0.2, 0.25) is 0 Å². The molecule has 0 fully saturated rings. The van der Waals surface area contributed by atoms with Crippen LogP contribution in [0.1, 0.15) is 0 Å². The van der Waals surface area contributed by atoms with E-state index in [-0.39, 0.29) is 0 Å². The third-order valence-corrected chi connectivity index (χ3v) is 12.0. The molecule has 3 aromatic heterocycles. The minimum absolute atomic E-state index is 0.688. The quantitative estimate of drug-likeness (QED) is 0.158. The molecule has 284 valence electrons. The number of nitrogens with zero attached hydrogens (tertiary/aromatic N) is 4. The Kier molecular flexibility index (Phi) is 8.13. The molecule has 0 unspecified atom stereocenters. The standard InChI is InChI=1S/C57H36N4/c1-4-16-37(17-5-1)51-36-52(59-57(58-51)43-32-33-49-47-26-13-12-24-45(47)46-25-14-15-27-48(46)50(49)34-43)38-28-30-40(31-29-38)54-55(41-20-8-3-9-21-41)60-61-53(39-18-6-2-7-19-39)35-42-22-10-11-23-44(42)56(54)61/h1-36H. The summed E-state index contributed by atoms with van der Waals surface area (Å²) < 4.78 is 2.14. The van der Waals surface area contributed by atoms with Crippen LogP contribution in [-0.4, -0.2) is 19.6 Å². The second-order valence-electron chi connectivity index (χ2n) is 15.6. The Morgan fingerprint density at radius 1 is 0.311 bits per heavy atom. The van der Waals surface area contributed by atoms with Gasteiger partial charge in [0.05, 0.1) is 22.6 Å². The Morgan fingerprint density at radius 2 is 0.770 bits per heavy atom. The van der Waals surface area contributed by atoms with E-state index >= 15 is 0 Å². The monoisotopic (exact) mass is 776 g/mol. The zero-order valence-electron chi connectivity index (χ0n) is 33.1. The molecule has 0 spiro atoms. The summed E-state index contributed by atoms with van der Waals surface area (Å²) in [5.41, 5.74) is 12.2. The third kappa shape index (κ3) is 5.88. The van der Waals surface area contributed by atoms with Gasteiger partial charge in [-0.05, 0) is 61.5 Å². The summed E-state index contributed by atoms with van der Waals surface area (Å²) in [5.74, 6) is 0.688. The molecule has 0 atom stereocenters. The number of hydrogen-bond acceptors (Lipinski definition) is 3. The maximum absolute atomic E-state index is 5.41. The molecule has 0 saturated carbocycles. The molecule has 0 bridgehead atoms. The molecule has 0 radical (unpaired) electrons. The summed E-state index contributed by atoms with van der Waals surface area (Å²) in [6.45, 7) is 0. The first kappa shape index (κ1) is 34.8. The first-order valence-corrected chi connectivity index (χ1v) is 20.7. The van der Waals surface area contributed by atoms with Gasteiger partial charge in [0.1, 0.15) is 5.69 Å². The van der Waals surface area contributed by atoms with Crippen molar-refractivity contribution < 1.29 is 0 Å². The highest BCUT2D eigenvalue weighted by molar-refractivity contribution is 6.25. The molecule has 0 N–H and O–H groups in total. The van der Waals surface area contributed by atoms with Crippen LogP contribution >= 0.6 is 0 Å². The minimum atomic E-state index is 0.688. The Labute approximate surface area is 352 Å². The zero-order chi connectivity index (χ0) is 40.3. The van der Waals surface area contributed by atoms with E-state index < -0.39 is 0 Å². The first-order chi connectivity index (χ1) is 30.2. The molecule has 0 saturated heterocycles. The Bertz CT molecular complexity index is 3580. The van der Waals surface area contributed by atoms with Crippen LogP contribution in [0.5, 0.6) is 0 Å². The van der Waals surface area contributed by atoms with Crippen LogP contribution in [0.3, 0.4) is 0 Å². The lowest BCUT2D eigenvalue weighted by Gasteiger charge is -2.13. The Hall–Kier alpha value is -8.21. The normalized spacial score (nSPS) is 11.6. The second-order valence-corrected chi connectivity index (χ2v) is 15.6. The van der Waals surface area contributed by atoms with Gasteiger partial charge in [0.25, 0.3) is 0 Å². The summed E-state index contributed by atoms with van der Waals surface area (Å²) >= 11 is 0. The average molecular weight is 777 g/mol. The number of benzene rings is 9. The van der Waals surface area contributed by atoms with Gasteiger partial charge in [-0.15, -0.1) is 0 Å². The predicted molar refractivity (Wildman–Crippen MR) is 253 cm³/mol. The van der Waals surface area contributed by atoms with Gasteiger partial charge in [-0.1, -0.05) is 200 Å². The largest absolute Gasteiger partial charge is 0.231 e. The number of aromatic nitrogens is 4. The maximum Gasteiger partial charge on any atom is 0.160 e. The van der Waals surface area contributed by atoms with Gasteiger partial charge in [-0.25, -0.2) is 14.5 Å². The highest BCUT2D eigenvalue weighted by Crippen LogP contribution is 2.42. The van der Waals surface area contributed by atoms with E-state index in [2.05, 4.69) is 217 Å². The van der Waals surface area contributed by atoms with Crippen LogP contribution in [0.4, 0.5) is 0 Å². The lowest BCUT2D eigenvalue weighted by molar-refractivity contribution is 0.979. The first-order valence-electron chi connectivity index (χ1n) is 20.7. The molecule has 4 nitrogen and oxygen atoms in total. The van der Waals surface area contributed by atoms with E-state index in [1.165, 1.54) is 37.7 Å².